The zero-order valence-electron chi connectivity index (χ0n) is 11.0. The van der Waals surface area contributed by atoms with Crippen LogP contribution in [0, 0.1) is 10.1 Å². The number of rotatable bonds is 3. The maximum Gasteiger partial charge on any atom is 0.269 e. The Morgan fingerprint density at radius 1 is 1.05 bits per heavy atom. The van der Waals surface area contributed by atoms with Crippen molar-refractivity contribution in [2.24, 2.45) is 0 Å². The number of nitro groups is 1. The fourth-order valence-corrected chi connectivity index (χ4v) is 2.53. The third-order valence-corrected chi connectivity index (χ3v) is 3.61. The van der Waals surface area contributed by atoms with Crippen molar-refractivity contribution < 1.29 is 14.4 Å². The first-order valence-corrected chi connectivity index (χ1v) is 6.78. The second kappa shape index (κ2) is 5.44. The number of hydrogen-bond acceptors (Lipinski definition) is 4. The molecule has 0 saturated carbocycles. The number of hydrogen-bond donors (Lipinski definition) is 0. The van der Waals surface area contributed by atoms with Crippen molar-refractivity contribution >= 4 is 17.3 Å². The molecule has 0 spiro atoms. The minimum Gasteiger partial charge on any atom is -0.340 e. The van der Waals surface area contributed by atoms with Crippen LogP contribution in [-0.2, 0) is 15.3 Å². The van der Waals surface area contributed by atoms with Crippen LogP contribution in [0.5, 0.6) is 0 Å². The van der Waals surface area contributed by atoms with E-state index in [4.69, 9.17) is 21.1 Å². The predicted molar refractivity (Wildman–Crippen MR) is 77.2 cm³/mol. The molecule has 0 bridgehead atoms. The fourth-order valence-electron chi connectivity index (χ4n) is 2.41. The summed E-state index contributed by atoms with van der Waals surface area (Å²) in [6.45, 7) is 0.844. The van der Waals surface area contributed by atoms with E-state index in [9.17, 15) is 10.1 Å². The molecule has 0 radical (unpaired) electrons. The Bertz CT molecular complexity index is 666. The van der Waals surface area contributed by atoms with Gasteiger partial charge in [-0.15, -0.1) is 0 Å². The highest BCUT2D eigenvalue weighted by atomic mass is 35.5. The molecule has 21 heavy (non-hydrogen) atoms. The number of non-ortho nitro benzene ring substituents is 1. The minimum atomic E-state index is -1.11. The summed E-state index contributed by atoms with van der Waals surface area (Å²) in [5, 5.41) is 11.6. The molecule has 2 aromatic carbocycles. The van der Waals surface area contributed by atoms with Gasteiger partial charge in [-0.2, -0.15) is 0 Å². The summed E-state index contributed by atoms with van der Waals surface area (Å²) < 4.78 is 11.6. The Kier molecular flexibility index (Phi) is 3.63. The number of halogens is 1. The second-order valence-electron chi connectivity index (χ2n) is 4.63. The van der Waals surface area contributed by atoms with Crippen LogP contribution in [0.25, 0.3) is 0 Å². The normalized spacial score (nSPS) is 16.8. The van der Waals surface area contributed by atoms with Gasteiger partial charge in [0.2, 0.25) is 5.79 Å². The van der Waals surface area contributed by atoms with Crippen LogP contribution in [0.2, 0.25) is 5.02 Å². The lowest BCUT2D eigenvalue weighted by molar-refractivity contribution is -0.385. The molecule has 108 valence electrons. The first-order chi connectivity index (χ1) is 10.1. The Morgan fingerprint density at radius 2 is 1.71 bits per heavy atom. The first-order valence-electron chi connectivity index (χ1n) is 6.41. The van der Waals surface area contributed by atoms with Gasteiger partial charge in [-0.1, -0.05) is 35.9 Å². The van der Waals surface area contributed by atoms with Crippen molar-refractivity contribution in [2.75, 3.05) is 13.2 Å². The second-order valence-corrected chi connectivity index (χ2v) is 5.06. The lowest BCUT2D eigenvalue weighted by atomic mass is 9.97. The zero-order valence-corrected chi connectivity index (χ0v) is 11.7. The van der Waals surface area contributed by atoms with Gasteiger partial charge in [0.05, 0.1) is 18.1 Å². The van der Waals surface area contributed by atoms with Crippen LogP contribution < -0.4 is 0 Å². The summed E-state index contributed by atoms with van der Waals surface area (Å²) in [5.74, 6) is -1.11. The van der Waals surface area contributed by atoms with E-state index in [2.05, 4.69) is 0 Å². The van der Waals surface area contributed by atoms with Crippen molar-refractivity contribution in [3.63, 3.8) is 0 Å². The Labute approximate surface area is 126 Å². The van der Waals surface area contributed by atoms with Crippen molar-refractivity contribution in [2.45, 2.75) is 5.79 Å². The van der Waals surface area contributed by atoms with E-state index >= 15 is 0 Å². The van der Waals surface area contributed by atoms with Crippen LogP contribution >= 0.6 is 11.6 Å². The van der Waals surface area contributed by atoms with Crippen molar-refractivity contribution in [1.82, 2.24) is 0 Å². The smallest absolute Gasteiger partial charge is 0.269 e. The van der Waals surface area contributed by atoms with Gasteiger partial charge >= 0.3 is 0 Å². The van der Waals surface area contributed by atoms with Crippen molar-refractivity contribution in [1.29, 1.82) is 0 Å². The summed E-state index contributed by atoms with van der Waals surface area (Å²) >= 11 is 5.91. The Hall–Kier alpha value is -1.95. The number of nitrogens with zero attached hydrogens (tertiary/aromatic N) is 1. The molecule has 6 heteroatoms. The van der Waals surface area contributed by atoms with E-state index in [1.54, 1.807) is 36.4 Å². The maximum absolute atomic E-state index is 11.0. The summed E-state index contributed by atoms with van der Waals surface area (Å²) in [5.41, 5.74) is 1.35. The third kappa shape index (κ3) is 2.51. The van der Waals surface area contributed by atoms with Crippen LogP contribution in [-0.4, -0.2) is 18.1 Å². The lowest BCUT2D eigenvalue weighted by Gasteiger charge is -2.28. The zero-order chi connectivity index (χ0) is 14.9. The Morgan fingerprint density at radius 3 is 2.33 bits per heavy atom. The Balaban J connectivity index is 2.11. The molecule has 3 rings (SSSR count). The molecular formula is C15H12ClNO4. The number of benzene rings is 2. The molecule has 0 aromatic heterocycles. The molecule has 1 aliphatic rings. The average molecular weight is 306 g/mol. The number of ether oxygens (including phenoxy) is 2. The highest BCUT2D eigenvalue weighted by molar-refractivity contribution is 6.30. The monoisotopic (exact) mass is 305 g/mol. The van der Waals surface area contributed by atoms with Crippen LogP contribution in [0.1, 0.15) is 11.1 Å². The highest BCUT2D eigenvalue weighted by Gasteiger charge is 2.41. The van der Waals surface area contributed by atoms with Crippen LogP contribution in [0.4, 0.5) is 5.69 Å². The van der Waals surface area contributed by atoms with Gasteiger partial charge in [-0.05, 0) is 12.1 Å². The molecule has 1 saturated heterocycles. The molecule has 0 amide bonds. The van der Waals surface area contributed by atoms with Gasteiger partial charge in [-0.3, -0.25) is 10.1 Å². The lowest BCUT2D eigenvalue weighted by Crippen LogP contribution is -2.28. The molecule has 1 aliphatic heterocycles. The summed E-state index contributed by atoms with van der Waals surface area (Å²) in [7, 11) is 0. The topological polar surface area (TPSA) is 61.6 Å². The van der Waals surface area contributed by atoms with Crippen LogP contribution in [0.15, 0.2) is 48.5 Å². The summed E-state index contributed by atoms with van der Waals surface area (Å²) in [4.78, 5) is 10.5. The van der Waals surface area contributed by atoms with Crippen LogP contribution in [0.3, 0.4) is 0 Å². The van der Waals surface area contributed by atoms with Gasteiger partial charge < -0.3 is 9.47 Å². The summed E-state index contributed by atoms with van der Waals surface area (Å²) in [6.07, 6.45) is 0. The van der Waals surface area contributed by atoms with Crippen molar-refractivity contribution in [3.8, 4) is 0 Å². The highest BCUT2D eigenvalue weighted by Crippen LogP contribution is 2.39. The fraction of sp³-hybridized carbons (Fsp3) is 0.200. The molecule has 0 aliphatic carbocycles. The van der Waals surface area contributed by atoms with Gasteiger partial charge in [0.15, 0.2) is 0 Å². The van der Waals surface area contributed by atoms with E-state index in [0.717, 1.165) is 5.56 Å². The summed E-state index contributed by atoms with van der Waals surface area (Å²) in [6, 6.07) is 13.4. The van der Waals surface area contributed by atoms with E-state index in [0.29, 0.717) is 23.8 Å². The van der Waals surface area contributed by atoms with Gasteiger partial charge in [0.1, 0.15) is 0 Å². The molecule has 1 heterocycles. The van der Waals surface area contributed by atoms with Crippen molar-refractivity contribution in [3.05, 3.63) is 74.8 Å². The molecule has 1 fully saturated rings. The number of nitro benzene ring substituents is 1. The quantitative estimate of drug-likeness (QED) is 0.643. The van der Waals surface area contributed by atoms with E-state index < -0.39 is 10.7 Å². The largest absolute Gasteiger partial charge is 0.340 e. The maximum atomic E-state index is 11.0. The standard InChI is InChI=1S/C15H12ClNO4/c16-13-6-4-11(5-7-13)15(20-8-9-21-15)12-2-1-3-14(10-12)17(18)19/h1-7,10H,8-9H2. The molecule has 0 N–H and O–H groups in total. The third-order valence-electron chi connectivity index (χ3n) is 3.36. The SMILES string of the molecule is O=[N+]([O-])c1cccc(C2(c3ccc(Cl)cc3)OCCO2)c1. The molecule has 0 unspecified atom stereocenters. The molecule has 5 nitrogen and oxygen atoms in total. The minimum absolute atomic E-state index is 0.0000569. The van der Waals surface area contributed by atoms with Gasteiger partial charge in [-0.25, -0.2) is 0 Å². The van der Waals surface area contributed by atoms with E-state index in [1.807, 2.05) is 0 Å². The molecular weight excluding hydrogens is 294 g/mol. The van der Waals surface area contributed by atoms with E-state index in [-0.39, 0.29) is 5.69 Å². The first kappa shape index (κ1) is 14.0. The van der Waals surface area contributed by atoms with Gasteiger partial charge in [0.25, 0.3) is 5.69 Å². The molecule has 0 atom stereocenters. The van der Waals surface area contributed by atoms with Gasteiger partial charge in [0, 0.05) is 28.3 Å². The van der Waals surface area contributed by atoms with E-state index in [1.165, 1.54) is 12.1 Å². The average Bonchev–Trinajstić information content (AvgIpc) is 2.99. The predicted octanol–water partition coefficient (Wildman–Crippen LogP) is 3.50. The molecule has 2 aromatic rings.